The van der Waals surface area contributed by atoms with Gasteiger partial charge in [-0.05, 0) is 37.1 Å². The van der Waals surface area contributed by atoms with Gasteiger partial charge in [-0.2, -0.15) is 5.10 Å². The average molecular weight is 363 g/mol. The Morgan fingerprint density at radius 1 is 1.19 bits per heavy atom. The quantitative estimate of drug-likeness (QED) is 0.754. The van der Waals surface area contributed by atoms with Gasteiger partial charge in [0.15, 0.2) is 5.78 Å². The summed E-state index contributed by atoms with van der Waals surface area (Å²) in [6.07, 6.45) is 5.93. The number of hydrogen-bond acceptors (Lipinski definition) is 5. The van der Waals surface area contributed by atoms with Crippen LogP contribution in [0.4, 0.5) is 0 Å². The summed E-state index contributed by atoms with van der Waals surface area (Å²) in [5, 5.41) is 9.03. The molecule has 0 unspecified atom stereocenters. The van der Waals surface area contributed by atoms with E-state index in [1.165, 1.54) is 0 Å². The first-order valence-electron chi connectivity index (χ1n) is 9.40. The molecule has 1 saturated heterocycles. The van der Waals surface area contributed by atoms with Gasteiger partial charge in [-0.15, -0.1) is 0 Å². The fourth-order valence-corrected chi connectivity index (χ4v) is 3.77. The van der Waals surface area contributed by atoms with E-state index in [4.69, 9.17) is 0 Å². The minimum atomic E-state index is 0.226. The van der Waals surface area contributed by atoms with E-state index < -0.39 is 0 Å². The highest BCUT2D eigenvalue weighted by Crippen LogP contribution is 2.24. The van der Waals surface area contributed by atoms with Crippen molar-refractivity contribution in [3.05, 3.63) is 48.5 Å². The second kappa shape index (κ2) is 7.58. The standard InChI is InChI=1S/C21H25N5O/c1-15-13-25(2)5-6-26(15)14-21(27)9-20-8-18-7-16(19-11-23-24-12-19)3-4-17(18)10-22-20/h3-4,7-8,10-12,15H,5-6,9,13-14H2,1-2H3,(H,23,24)/t15-/m0/s1. The number of aromatic nitrogens is 3. The molecule has 1 aromatic carbocycles. The molecule has 2 aromatic heterocycles. The average Bonchev–Trinajstić information content (AvgIpc) is 3.18. The normalized spacial score (nSPS) is 18.8. The zero-order valence-electron chi connectivity index (χ0n) is 15.9. The van der Waals surface area contributed by atoms with Crippen molar-refractivity contribution in [3.63, 3.8) is 0 Å². The van der Waals surface area contributed by atoms with Crippen LogP contribution in [0, 0.1) is 0 Å². The summed E-state index contributed by atoms with van der Waals surface area (Å²) < 4.78 is 0. The number of hydrogen-bond donors (Lipinski definition) is 1. The molecule has 0 radical (unpaired) electrons. The second-order valence-electron chi connectivity index (χ2n) is 7.52. The van der Waals surface area contributed by atoms with Gasteiger partial charge < -0.3 is 4.90 Å². The molecule has 6 nitrogen and oxygen atoms in total. The number of likely N-dealkylation sites (N-methyl/N-ethyl adjacent to an activating group) is 1. The van der Waals surface area contributed by atoms with E-state index in [0.717, 1.165) is 47.2 Å². The maximum atomic E-state index is 12.6. The van der Waals surface area contributed by atoms with E-state index in [1.54, 1.807) is 0 Å². The van der Waals surface area contributed by atoms with E-state index in [9.17, 15) is 4.79 Å². The van der Waals surface area contributed by atoms with Gasteiger partial charge in [0.2, 0.25) is 0 Å². The lowest BCUT2D eigenvalue weighted by molar-refractivity contribution is -0.120. The Bertz CT molecular complexity index is 937. The van der Waals surface area contributed by atoms with Crippen molar-refractivity contribution < 1.29 is 4.79 Å². The van der Waals surface area contributed by atoms with E-state index in [-0.39, 0.29) is 5.78 Å². The maximum absolute atomic E-state index is 12.6. The molecule has 6 heteroatoms. The van der Waals surface area contributed by atoms with Crippen molar-refractivity contribution >= 4 is 16.6 Å². The zero-order valence-corrected chi connectivity index (χ0v) is 15.9. The first-order chi connectivity index (χ1) is 13.1. The number of H-pyrrole nitrogens is 1. The highest BCUT2D eigenvalue weighted by molar-refractivity contribution is 5.88. The van der Waals surface area contributed by atoms with Crippen molar-refractivity contribution in [2.45, 2.75) is 19.4 Å². The highest BCUT2D eigenvalue weighted by Gasteiger charge is 2.23. The molecule has 1 N–H and O–H groups in total. The van der Waals surface area contributed by atoms with Crippen molar-refractivity contribution in [2.24, 2.45) is 0 Å². The number of fused-ring (bicyclic) bond motifs is 1. The Hall–Kier alpha value is -2.57. The van der Waals surface area contributed by atoms with E-state index in [0.29, 0.717) is 19.0 Å². The summed E-state index contributed by atoms with van der Waals surface area (Å²) in [7, 11) is 2.13. The van der Waals surface area contributed by atoms with Crippen LogP contribution in [0.1, 0.15) is 12.6 Å². The van der Waals surface area contributed by atoms with Crippen molar-refractivity contribution in [2.75, 3.05) is 33.2 Å². The van der Waals surface area contributed by atoms with Crippen molar-refractivity contribution in [1.29, 1.82) is 0 Å². The third kappa shape index (κ3) is 4.07. The lowest BCUT2D eigenvalue weighted by Crippen LogP contribution is -2.52. The fourth-order valence-electron chi connectivity index (χ4n) is 3.77. The molecule has 0 aliphatic carbocycles. The SMILES string of the molecule is C[C@H]1CN(C)CCN1CC(=O)Cc1cc2cc(-c3cn[nH]c3)ccc2cn1. The zero-order chi connectivity index (χ0) is 18.8. The number of pyridine rings is 1. The molecule has 1 atom stereocenters. The number of nitrogens with one attached hydrogen (secondary N) is 1. The molecule has 3 heterocycles. The molecule has 4 rings (SSSR count). The van der Waals surface area contributed by atoms with Gasteiger partial charge in [0.25, 0.3) is 0 Å². The Kier molecular flexibility index (Phi) is 5.01. The summed E-state index contributed by atoms with van der Waals surface area (Å²) in [5.41, 5.74) is 2.99. The number of rotatable bonds is 5. The molecule has 0 amide bonds. The smallest absolute Gasteiger partial charge is 0.152 e. The topological polar surface area (TPSA) is 65.1 Å². The summed E-state index contributed by atoms with van der Waals surface area (Å²) >= 11 is 0. The fraction of sp³-hybridized carbons (Fsp3) is 0.381. The molecule has 0 bridgehead atoms. The molecule has 1 aliphatic heterocycles. The number of carbonyl (C=O) groups is 1. The Morgan fingerprint density at radius 3 is 2.85 bits per heavy atom. The van der Waals surface area contributed by atoms with Crippen molar-refractivity contribution in [3.8, 4) is 11.1 Å². The molecular formula is C21H25N5O. The lowest BCUT2D eigenvalue weighted by Gasteiger charge is -2.37. The Labute approximate surface area is 159 Å². The van der Waals surface area contributed by atoms with Crippen LogP contribution in [0.25, 0.3) is 21.9 Å². The van der Waals surface area contributed by atoms with Gasteiger partial charge >= 0.3 is 0 Å². The summed E-state index contributed by atoms with van der Waals surface area (Å²) in [4.78, 5) is 21.7. The first-order valence-corrected chi connectivity index (χ1v) is 9.40. The van der Waals surface area contributed by atoms with Crippen molar-refractivity contribution in [1.82, 2.24) is 25.0 Å². The predicted molar refractivity (Wildman–Crippen MR) is 107 cm³/mol. The molecule has 1 aliphatic rings. The Balaban J connectivity index is 1.47. The van der Waals surface area contributed by atoms with Crippen LogP contribution in [-0.4, -0.2) is 70.0 Å². The van der Waals surface area contributed by atoms with Crippen LogP contribution in [0.5, 0.6) is 0 Å². The van der Waals surface area contributed by atoms with Gasteiger partial charge in [0, 0.05) is 54.7 Å². The number of piperazine rings is 1. The first kappa shape index (κ1) is 17.8. The second-order valence-corrected chi connectivity index (χ2v) is 7.52. The highest BCUT2D eigenvalue weighted by atomic mass is 16.1. The maximum Gasteiger partial charge on any atom is 0.152 e. The molecule has 3 aromatic rings. The Morgan fingerprint density at radius 2 is 2.07 bits per heavy atom. The number of carbonyl (C=O) groups excluding carboxylic acids is 1. The van der Waals surface area contributed by atoms with E-state index >= 15 is 0 Å². The van der Waals surface area contributed by atoms with Crippen LogP contribution in [0.3, 0.4) is 0 Å². The van der Waals surface area contributed by atoms with Gasteiger partial charge in [0.1, 0.15) is 0 Å². The molecule has 1 fully saturated rings. The van der Waals surface area contributed by atoms with Crippen LogP contribution in [0.15, 0.2) is 42.9 Å². The number of benzene rings is 1. The van der Waals surface area contributed by atoms with Crippen LogP contribution < -0.4 is 0 Å². The molecule has 140 valence electrons. The largest absolute Gasteiger partial charge is 0.304 e. The third-order valence-corrected chi connectivity index (χ3v) is 5.34. The number of ketones is 1. The molecular weight excluding hydrogens is 338 g/mol. The summed E-state index contributed by atoms with van der Waals surface area (Å²) in [6.45, 7) is 5.67. The molecule has 27 heavy (non-hydrogen) atoms. The summed E-state index contributed by atoms with van der Waals surface area (Å²) in [6, 6.07) is 8.69. The number of nitrogens with zero attached hydrogens (tertiary/aromatic N) is 4. The monoisotopic (exact) mass is 363 g/mol. The van der Waals surface area contributed by atoms with Gasteiger partial charge in [-0.1, -0.05) is 12.1 Å². The number of Topliss-reactive ketones (excluding diaryl/α,β-unsaturated/α-hetero) is 1. The minimum absolute atomic E-state index is 0.226. The third-order valence-electron chi connectivity index (χ3n) is 5.34. The van der Waals surface area contributed by atoms with Gasteiger partial charge in [0.05, 0.1) is 19.2 Å². The summed E-state index contributed by atoms with van der Waals surface area (Å²) in [5.74, 6) is 0.226. The minimum Gasteiger partial charge on any atom is -0.304 e. The number of aromatic amines is 1. The molecule has 0 spiro atoms. The van der Waals surface area contributed by atoms with E-state index in [1.807, 2.05) is 24.7 Å². The van der Waals surface area contributed by atoms with Crippen LogP contribution >= 0.6 is 0 Å². The van der Waals surface area contributed by atoms with Crippen LogP contribution in [0.2, 0.25) is 0 Å². The molecule has 0 saturated carbocycles. The lowest BCUT2D eigenvalue weighted by atomic mass is 10.0. The predicted octanol–water partition coefficient (Wildman–Crippen LogP) is 2.37. The van der Waals surface area contributed by atoms with Crippen LogP contribution in [-0.2, 0) is 11.2 Å². The van der Waals surface area contributed by atoms with Gasteiger partial charge in [-0.3, -0.25) is 19.8 Å². The van der Waals surface area contributed by atoms with E-state index in [2.05, 4.69) is 57.2 Å². The van der Waals surface area contributed by atoms with Gasteiger partial charge in [-0.25, -0.2) is 0 Å².